The summed E-state index contributed by atoms with van der Waals surface area (Å²) < 4.78 is 11.1. The van der Waals surface area contributed by atoms with Crippen molar-refractivity contribution in [3.8, 4) is 0 Å². The van der Waals surface area contributed by atoms with E-state index < -0.39 is 0 Å². The van der Waals surface area contributed by atoms with Crippen LogP contribution in [0.2, 0.25) is 0 Å². The Morgan fingerprint density at radius 1 is 0.348 bits per heavy atom. The molecule has 0 saturated heterocycles. The molecule has 0 aromatic carbocycles. The van der Waals surface area contributed by atoms with Gasteiger partial charge in [-0.3, -0.25) is 4.79 Å². The van der Waals surface area contributed by atoms with Crippen LogP contribution in [0.25, 0.3) is 0 Å². The molecule has 0 fully saturated rings. The maximum atomic E-state index is 12.3. The van der Waals surface area contributed by atoms with Crippen LogP contribution >= 0.6 is 0 Å². The molecule has 0 amide bonds. The fraction of sp³-hybridized carbons (Fsp3) is 0.855. The Bertz CT molecular complexity index is 1110. The van der Waals surface area contributed by atoms with Crippen molar-refractivity contribution in [2.24, 2.45) is 0 Å². The highest BCUT2D eigenvalue weighted by atomic mass is 16.5. The lowest BCUT2D eigenvalue weighted by Gasteiger charge is -2.22. The second-order valence-electron chi connectivity index (χ2n) is 20.2. The summed E-state index contributed by atoms with van der Waals surface area (Å²) in [5.41, 5.74) is 0. The van der Waals surface area contributed by atoms with Gasteiger partial charge in [0, 0.05) is 19.5 Å². The first-order valence-corrected chi connectivity index (χ1v) is 30.2. The van der Waals surface area contributed by atoms with Crippen LogP contribution < -0.4 is 0 Å². The maximum absolute atomic E-state index is 12.3. The van der Waals surface area contributed by atoms with Crippen molar-refractivity contribution in [1.29, 1.82) is 0 Å². The Labute approximate surface area is 430 Å². The number of aliphatic hydroxyl groups is 2. The number of ether oxygens (including phenoxy) is 2. The largest absolute Gasteiger partial charge is 0.466 e. The van der Waals surface area contributed by atoms with Crippen molar-refractivity contribution in [1.82, 2.24) is 9.80 Å². The van der Waals surface area contributed by atoms with E-state index in [9.17, 15) is 9.90 Å². The molecular weight excluding hydrogens is 853 g/mol. The van der Waals surface area contributed by atoms with Gasteiger partial charge in [-0.1, -0.05) is 210 Å². The third kappa shape index (κ3) is 57.0. The Morgan fingerprint density at radius 3 is 1.09 bits per heavy atom. The minimum atomic E-state index is -0.0147. The summed E-state index contributed by atoms with van der Waals surface area (Å²) in [4.78, 5) is 17.3. The van der Waals surface area contributed by atoms with Crippen molar-refractivity contribution in [2.45, 2.75) is 271 Å². The molecule has 7 heteroatoms. The number of hydrogen-bond donors (Lipinski definition) is 2. The zero-order chi connectivity index (χ0) is 49.9. The summed E-state index contributed by atoms with van der Waals surface area (Å²) in [5.74, 6) is -0.0147. The molecule has 0 aliphatic rings. The smallest absolute Gasteiger partial charge is 0.305 e. The molecule has 2 N–H and O–H groups in total. The van der Waals surface area contributed by atoms with Crippen molar-refractivity contribution >= 4 is 5.97 Å². The summed E-state index contributed by atoms with van der Waals surface area (Å²) in [5, 5.41) is 18.7. The van der Waals surface area contributed by atoms with E-state index >= 15 is 0 Å². The number of aliphatic hydroxyl groups excluding tert-OH is 2. The van der Waals surface area contributed by atoms with Gasteiger partial charge in [-0.05, 0) is 129 Å². The predicted molar refractivity (Wildman–Crippen MR) is 301 cm³/mol. The molecule has 0 aromatic heterocycles. The zero-order valence-corrected chi connectivity index (χ0v) is 46.2. The molecule has 406 valence electrons. The van der Waals surface area contributed by atoms with Gasteiger partial charge in [-0.25, -0.2) is 0 Å². The quantitative estimate of drug-likeness (QED) is 0.0357. The average Bonchev–Trinajstić information content (AvgIpc) is 3.35. The first kappa shape index (κ1) is 67.2. The zero-order valence-electron chi connectivity index (χ0n) is 46.2. The highest BCUT2D eigenvalue weighted by molar-refractivity contribution is 5.69. The molecule has 0 bridgehead atoms. The monoisotopic (exact) mass is 971 g/mol. The van der Waals surface area contributed by atoms with Crippen molar-refractivity contribution in [2.75, 3.05) is 72.3 Å². The topological polar surface area (TPSA) is 82.5 Å². The van der Waals surface area contributed by atoms with E-state index in [1.807, 2.05) is 0 Å². The minimum Gasteiger partial charge on any atom is -0.466 e. The first-order chi connectivity index (χ1) is 34.2. The number of hydrogen-bond acceptors (Lipinski definition) is 7. The molecule has 0 spiro atoms. The number of nitrogens with zero attached hydrogens (tertiary/aromatic N) is 2. The molecule has 0 radical (unpaired) electrons. The molecule has 0 unspecified atom stereocenters. The van der Waals surface area contributed by atoms with E-state index in [0.717, 1.165) is 77.8 Å². The highest BCUT2D eigenvalue weighted by Crippen LogP contribution is 2.14. The minimum absolute atomic E-state index is 0.0147. The molecule has 0 aliphatic heterocycles. The number of allylic oxidation sites excluding steroid dienone is 8. The van der Waals surface area contributed by atoms with Gasteiger partial charge < -0.3 is 29.5 Å². The molecule has 0 saturated carbocycles. The molecular formula is C62H118N2O5. The van der Waals surface area contributed by atoms with Gasteiger partial charge in [-0.2, -0.15) is 0 Å². The van der Waals surface area contributed by atoms with E-state index in [2.05, 4.69) is 72.3 Å². The number of unbranched alkanes of at least 4 members (excludes halogenated alkanes) is 31. The summed E-state index contributed by atoms with van der Waals surface area (Å²) in [7, 11) is 0. The molecule has 69 heavy (non-hydrogen) atoms. The highest BCUT2D eigenvalue weighted by Gasteiger charge is 2.07. The van der Waals surface area contributed by atoms with Gasteiger partial charge >= 0.3 is 5.97 Å². The first-order valence-electron chi connectivity index (χ1n) is 30.2. The fourth-order valence-electron chi connectivity index (χ4n) is 9.06. The van der Waals surface area contributed by atoms with Crippen LogP contribution in [-0.2, 0) is 14.3 Å². The summed E-state index contributed by atoms with van der Waals surface area (Å²) in [6.07, 6.45) is 68.2. The molecule has 0 aliphatic carbocycles. The van der Waals surface area contributed by atoms with Gasteiger partial charge in [0.25, 0.3) is 0 Å². The van der Waals surface area contributed by atoms with E-state index in [-0.39, 0.29) is 19.2 Å². The molecule has 0 atom stereocenters. The Kier molecular flexibility index (Phi) is 59.0. The fourth-order valence-corrected chi connectivity index (χ4v) is 9.06. The number of rotatable bonds is 58. The van der Waals surface area contributed by atoms with Crippen molar-refractivity contribution in [3.05, 3.63) is 48.6 Å². The SMILES string of the molecule is CCCCC/C=C\C/C=C\CCCCCCCCN(CCO)CCCCCCCCCCOC(=O)CCCCCCCCCN(CCCCCCCC/C=C\C/C=C\CCCCC)CCOCCO. The Balaban J connectivity index is 3.71. The van der Waals surface area contributed by atoms with Gasteiger partial charge in [0.2, 0.25) is 0 Å². The lowest BCUT2D eigenvalue weighted by molar-refractivity contribution is -0.143. The van der Waals surface area contributed by atoms with E-state index in [4.69, 9.17) is 14.6 Å². The van der Waals surface area contributed by atoms with Gasteiger partial charge in [-0.15, -0.1) is 0 Å². The van der Waals surface area contributed by atoms with Crippen LogP contribution in [-0.4, -0.2) is 98.3 Å². The third-order valence-electron chi connectivity index (χ3n) is 13.5. The number of carbonyl (C=O) groups is 1. The van der Waals surface area contributed by atoms with Crippen LogP contribution in [0.3, 0.4) is 0 Å². The van der Waals surface area contributed by atoms with Crippen molar-refractivity contribution in [3.63, 3.8) is 0 Å². The maximum Gasteiger partial charge on any atom is 0.305 e. The van der Waals surface area contributed by atoms with E-state index in [1.54, 1.807) is 0 Å². The Hall–Kier alpha value is -1.77. The van der Waals surface area contributed by atoms with Crippen LogP contribution in [0.4, 0.5) is 0 Å². The molecule has 0 heterocycles. The van der Waals surface area contributed by atoms with Crippen LogP contribution in [0.1, 0.15) is 271 Å². The van der Waals surface area contributed by atoms with E-state index in [1.165, 1.54) is 212 Å². The van der Waals surface area contributed by atoms with Gasteiger partial charge in [0.15, 0.2) is 0 Å². The summed E-state index contributed by atoms with van der Waals surface area (Å²) >= 11 is 0. The van der Waals surface area contributed by atoms with E-state index in [0.29, 0.717) is 26.2 Å². The van der Waals surface area contributed by atoms with Crippen LogP contribution in [0, 0.1) is 0 Å². The molecule has 7 nitrogen and oxygen atoms in total. The van der Waals surface area contributed by atoms with Gasteiger partial charge in [0.1, 0.15) is 0 Å². The second-order valence-corrected chi connectivity index (χ2v) is 20.2. The number of esters is 1. The normalized spacial score (nSPS) is 12.3. The summed E-state index contributed by atoms with van der Waals surface area (Å²) in [6, 6.07) is 0. The predicted octanol–water partition coefficient (Wildman–Crippen LogP) is 17.0. The standard InChI is InChI=1S/C62H118N2O5/c1-3-5-7-9-11-13-15-17-19-21-23-25-27-33-39-45-51-63(55-57-65)52-46-40-35-29-30-37-43-49-59-69-62(67)50-44-38-32-31-36-42-48-54-64(56-60-68-61-58-66)53-47-41-34-28-26-24-22-20-18-16-14-12-10-8-6-4-2/h11-14,17-20,65-66H,3-10,15-16,21-61H2,1-2H3/b13-11-,14-12-,19-17-,20-18-. The lowest BCUT2D eigenvalue weighted by Crippen LogP contribution is -2.30. The summed E-state index contributed by atoms with van der Waals surface area (Å²) in [6.45, 7) is 12.9. The molecule has 0 rings (SSSR count). The number of carbonyl (C=O) groups excluding carboxylic acids is 1. The average molecular weight is 972 g/mol. The van der Waals surface area contributed by atoms with Crippen LogP contribution in [0.5, 0.6) is 0 Å². The van der Waals surface area contributed by atoms with Crippen LogP contribution in [0.15, 0.2) is 48.6 Å². The van der Waals surface area contributed by atoms with Gasteiger partial charge in [0.05, 0.1) is 33.0 Å². The third-order valence-corrected chi connectivity index (χ3v) is 13.5. The molecule has 0 aromatic rings. The second kappa shape index (κ2) is 60.5. The Morgan fingerprint density at radius 2 is 0.696 bits per heavy atom. The van der Waals surface area contributed by atoms with Crippen molar-refractivity contribution < 1.29 is 24.5 Å². The lowest BCUT2D eigenvalue weighted by atomic mass is 10.1.